The molecule has 0 radical (unpaired) electrons. The molecule has 1 saturated heterocycles. The van der Waals surface area contributed by atoms with Crippen LogP contribution in [0.2, 0.25) is 0 Å². The topological polar surface area (TPSA) is 124 Å². The second-order valence-corrected chi connectivity index (χ2v) is 5.99. The molecule has 1 aromatic rings. The lowest BCUT2D eigenvalue weighted by atomic mass is 10.0. The van der Waals surface area contributed by atoms with Gasteiger partial charge in [-0.2, -0.15) is 0 Å². The van der Waals surface area contributed by atoms with Crippen LogP contribution in [0.3, 0.4) is 0 Å². The number of hydrogen-bond acceptors (Lipinski definition) is 9. The van der Waals surface area contributed by atoms with Crippen LogP contribution in [0.5, 0.6) is 23.0 Å². The van der Waals surface area contributed by atoms with Crippen LogP contribution in [-0.2, 0) is 23.8 Å². The Bertz CT molecular complexity index is 755. The number of rotatable bonds is 11. The van der Waals surface area contributed by atoms with Gasteiger partial charge in [-0.05, 0) is 19.4 Å². The van der Waals surface area contributed by atoms with Crippen molar-refractivity contribution in [2.45, 2.75) is 25.9 Å². The molecule has 9 nitrogen and oxygen atoms in total. The zero-order chi connectivity index (χ0) is 20.7. The molecule has 2 N–H and O–H groups in total. The summed E-state index contributed by atoms with van der Waals surface area (Å²) in [5.41, 5.74) is 0.726. The maximum atomic E-state index is 11.7. The van der Waals surface area contributed by atoms with E-state index in [9.17, 15) is 19.8 Å². The number of esters is 1. The van der Waals surface area contributed by atoms with Gasteiger partial charge in [0.05, 0.1) is 20.8 Å². The van der Waals surface area contributed by atoms with Gasteiger partial charge in [0.15, 0.2) is 11.5 Å². The van der Waals surface area contributed by atoms with E-state index in [-0.39, 0.29) is 48.6 Å². The van der Waals surface area contributed by atoms with Crippen molar-refractivity contribution in [2.75, 3.05) is 34.0 Å². The van der Waals surface area contributed by atoms with Crippen LogP contribution in [0.4, 0.5) is 0 Å². The largest absolute Gasteiger partial charge is 0.504 e. The Morgan fingerprint density at radius 3 is 2.43 bits per heavy atom. The number of benzene rings is 1. The third-order valence-corrected chi connectivity index (χ3v) is 4.09. The molecule has 0 amide bonds. The fourth-order valence-corrected chi connectivity index (χ4v) is 2.49. The summed E-state index contributed by atoms with van der Waals surface area (Å²) in [6, 6.07) is 0. The molecule has 9 heteroatoms. The van der Waals surface area contributed by atoms with Crippen LogP contribution in [-0.4, -0.2) is 62.3 Å². The van der Waals surface area contributed by atoms with Crippen LogP contribution >= 0.6 is 0 Å². The van der Waals surface area contributed by atoms with Crippen LogP contribution < -0.4 is 9.47 Å². The summed E-state index contributed by atoms with van der Waals surface area (Å²) < 4.78 is 25.0. The Labute approximate surface area is 162 Å². The first kappa shape index (κ1) is 21.4. The van der Waals surface area contributed by atoms with Gasteiger partial charge in [-0.3, -0.25) is 4.79 Å². The number of epoxide rings is 1. The Hall–Kier alpha value is -2.94. The van der Waals surface area contributed by atoms with Gasteiger partial charge in [0.1, 0.15) is 6.61 Å². The second-order valence-electron chi connectivity index (χ2n) is 5.99. The lowest BCUT2D eigenvalue weighted by Crippen LogP contribution is -2.08. The first-order valence-corrected chi connectivity index (χ1v) is 8.67. The number of aromatic hydroxyl groups is 2. The maximum absolute atomic E-state index is 11.7. The third kappa shape index (κ3) is 5.29. The van der Waals surface area contributed by atoms with E-state index < -0.39 is 12.1 Å². The monoisotopic (exact) mass is 396 g/mol. The van der Waals surface area contributed by atoms with Gasteiger partial charge in [0.2, 0.25) is 17.6 Å². The van der Waals surface area contributed by atoms with E-state index in [1.54, 1.807) is 6.92 Å². The van der Waals surface area contributed by atoms with E-state index in [1.165, 1.54) is 26.4 Å². The van der Waals surface area contributed by atoms with E-state index in [0.29, 0.717) is 24.2 Å². The van der Waals surface area contributed by atoms with Crippen molar-refractivity contribution in [3.05, 3.63) is 17.2 Å². The molecule has 28 heavy (non-hydrogen) atoms. The molecule has 1 aromatic carbocycles. The number of phenols is 2. The molecule has 0 aromatic heterocycles. The van der Waals surface area contributed by atoms with E-state index >= 15 is 0 Å². The van der Waals surface area contributed by atoms with E-state index in [1.807, 2.05) is 0 Å². The Morgan fingerprint density at radius 2 is 1.82 bits per heavy atom. The lowest BCUT2D eigenvalue weighted by Gasteiger charge is -2.16. The third-order valence-electron chi connectivity index (χ3n) is 4.09. The highest BCUT2D eigenvalue weighted by molar-refractivity contribution is 5.87. The van der Waals surface area contributed by atoms with Gasteiger partial charge in [0.25, 0.3) is 0 Å². The van der Waals surface area contributed by atoms with Crippen molar-refractivity contribution in [1.29, 1.82) is 0 Å². The highest BCUT2D eigenvalue weighted by Gasteiger charge is 2.37. The van der Waals surface area contributed by atoms with Gasteiger partial charge in [0, 0.05) is 24.2 Å². The molecule has 1 unspecified atom stereocenters. The van der Waals surface area contributed by atoms with E-state index in [0.717, 1.165) is 0 Å². The number of cyclic esters (lactones) is 1. The first-order chi connectivity index (χ1) is 13.4. The van der Waals surface area contributed by atoms with E-state index in [2.05, 4.69) is 4.74 Å². The molecular weight excluding hydrogens is 372 g/mol. The highest BCUT2D eigenvalue weighted by atomic mass is 16.7. The molecule has 0 spiro atoms. The van der Waals surface area contributed by atoms with Gasteiger partial charge < -0.3 is 33.9 Å². The molecule has 2 rings (SSSR count). The molecule has 1 aliphatic rings. The van der Waals surface area contributed by atoms with Crippen molar-refractivity contribution in [3.8, 4) is 23.0 Å². The molecule has 0 saturated carbocycles. The van der Waals surface area contributed by atoms with Crippen LogP contribution in [0.25, 0.3) is 6.08 Å². The molecule has 1 aliphatic heterocycles. The average Bonchev–Trinajstić information content (AvgIpc) is 3.38. The fourth-order valence-electron chi connectivity index (χ4n) is 2.49. The first-order valence-electron chi connectivity index (χ1n) is 8.67. The van der Waals surface area contributed by atoms with Gasteiger partial charge in [-0.25, -0.2) is 4.79 Å². The predicted octanol–water partition coefficient (Wildman–Crippen LogP) is 1.70. The number of hydrogen-bond donors (Lipinski definition) is 2. The van der Waals surface area contributed by atoms with Gasteiger partial charge >= 0.3 is 11.9 Å². The maximum Gasteiger partial charge on any atom is 0.350 e. The summed E-state index contributed by atoms with van der Waals surface area (Å²) in [6.45, 7) is 2.15. The summed E-state index contributed by atoms with van der Waals surface area (Å²) in [5, 5.41) is 20.5. The number of carbonyl (C=O) groups excluding carboxylic acids is 2. The molecule has 154 valence electrons. The summed E-state index contributed by atoms with van der Waals surface area (Å²) >= 11 is 0. The minimum Gasteiger partial charge on any atom is -0.504 e. The Kier molecular flexibility index (Phi) is 7.51. The second kappa shape index (κ2) is 9.84. The Balaban J connectivity index is 1.79. The number of ether oxygens (including phenoxy) is 5. The van der Waals surface area contributed by atoms with Gasteiger partial charge in [-0.1, -0.05) is 6.08 Å². The molecule has 0 aliphatic carbocycles. The van der Waals surface area contributed by atoms with E-state index in [4.69, 9.17) is 18.9 Å². The smallest absolute Gasteiger partial charge is 0.350 e. The quantitative estimate of drug-likeness (QED) is 0.249. The van der Waals surface area contributed by atoms with Crippen molar-refractivity contribution in [1.82, 2.24) is 0 Å². The minimum absolute atomic E-state index is 0.00189. The molecular formula is C19H24O9. The molecule has 1 fully saturated rings. The average molecular weight is 396 g/mol. The zero-order valence-corrected chi connectivity index (χ0v) is 16.0. The summed E-state index contributed by atoms with van der Waals surface area (Å²) in [6.07, 6.45) is 3.25. The summed E-state index contributed by atoms with van der Waals surface area (Å²) in [4.78, 5) is 22.3. The van der Waals surface area contributed by atoms with Crippen molar-refractivity contribution in [3.63, 3.8) is 0 Å². The zero-order valence-electron chi connectivity index (χ0n) is 16.0. The fraction of sp³-hybridized carbons (Fsp3) is 0.474. The standard InChI is InChI=1S/C19H24O9/c1-11-12(16(22)18(25-3)17(24-2)15(11)21)6-4-9-27-14(20)7-5-8-26-10-13-19(23)28-13/h4,6,13,21-22H,5,7-10H2,1-3H3/b6-4+. The normalized spacial score (nSPS) is 15.4. The summed E-state index contributed by atoms with van der Waals surface area (Å²) in [7, 11) is 2.70. The highest BCUT2D eigenvalue weighted by Crippen LogP contribution is 2.48. The SMILES string of the molecule is COc1c(O)c(C)c(/C=C/COC(=O)CCCOCC2OC2=O)c(O)c1OC. The Morgan fingerprint density at radius 1 is 1.18 bits per heavy atom. The number of phenolic OH excluding ortho intramolecular Hbond substituents is 2. The van der Waals surface area contributed by atoms with Gasteiger partial charge in [-0.15, -0.1) is 0 Å². The van der Waals surface area contributed by atoms with Crippen molar-refractivity contribution < 1.29 is 43.5 Å². The predicted molar refractivity (Wildman–Crippen MR) is 97.5 cm³/mol. The minimum atomic E-state index is -0.451. The van der Waals surface area contributed by atoms with Crippen molar-refractivity contribution in [2.24, 2.45) is 0 Å². The van der Waals surface area contributed by atoms with Crippen LogP contribution in [0.15, 0.2) is 6.08 Å². The van der Waals surface area contributed by atoms with Crippen LogP contribution in [0.1, 0.15) is 24.0 Å². The van der Waals surface area contributed by atoms with Crippen molar-refractivity contribution >= 4 is 18.0 Å². The van der Waals surface area contributed by atoms with Crippen LogP contribution in [0, 0.1) is 6.92 Å². The lowest BCUT2D eigenvalue weighted by molar-refractivity contribution is -0.142. The molecule has 1 atom stereocenters. The number of carbonyl (C=O) groups is 2. The summed E-state index contributed by atoms with van der Waals surface area (Å²) in [5.74, 6) is -0.945. The molecule has 1 heterocycles. The molecule has 0 bridgehead atoms. The number of methoxy groups -OCH3 is 2.